The molecule has 0 aliphatic rings. The first-order valence-electron chi connectivity index (χ1n) is 7.43. The molecule has 120 valence electrons. The van der Waals surface area contributed by atoms with Crippen molar-refractivity contribution in [3.8, 4) is 11.5 Å². The third kappa shape index (κ3) is 2.37. The van der Waals surface area contributed by atoms with Crippen LogP contribution in [0.15, 0.2) is 41.8 Å². The number of ether oxygens (including phenoxy) is 1. The van der Waals surface area contributed by atoms with E-state index in [0.717, 1.165) is 33.4 Å². The van der Waals surface area contributed by atoms with Gasteiger partial charge in [-0.05, 0) is 25.3 Å². The van der Waals surface area contributed by atoms with Gasteiger partial charge in [0.05, 0.1) is 29.0 Å². The van der Waals surface area contributed by atoms with Crippen LogP contribution in [-0.2, 0) is 7.05 Å². The second-order valence-electron chi connectivity index (χ2n) is 5.37. The summed E-state index contributed by atoms with van der Waals surface area (Å²) in [6.07, 6.45) is 5.31. The first-order chi connectivity index (χ1) is 11.7. The Labute approximate surface area is 142 Å². The molecule has 0 unspecified atom stereocenters. The smallest absolute Gasteiger partial charge is 0.187 e. The van der Waals surface area contributed by atoms with Crippen molar-refractivity contribution in [2.75, 3.05) is 6.26 Å². The van der Waals surface area contributed by atoms with Crippen molar-refractivity contribution in [2.45, 2.75) is 12.1 Å². The van der Waals surface area contributed by atoms with Crippen LogP contribution < -0.4 is 4.74 Å². The lowest BCUT2D eigenvalue weighted by molar-refractivity contribution is 0.485. The third-order valence-corrected chi connectivity index (χ3v) is 4.38. The van der Waals surface area contributed by atoms with E-state index in [2.05, 4.69) is 15.1 Å². The zero-order chi connectivity index (χ0) is 16.7. The fourth-order valence-corrected chi connectivity index (χ4v) is 3.05. The Hall–Kier alpha value is -2.67. The molecule has 7 heteroatoms. The van der Waals surface area contributed by atoms with Crippen LogP contribution in [0.5, 0.6) is 11.5 Å². The summed E-state index contributed by atoms with van der Waals surface area (Å²) in [5.74, 6) is 1.33. The van der Waals surface area contributed by atoms with Gasteiger partial charge in [0.25, 0.3) is 0 Å². The summed E-state index contributed by atoms with van der Waals surface area (Å²) in [6, 6.07) is 7.91. The normalized spacial score (nSPS) is 11.3. The number of aryl methyl sites for hydroxylation is 2. The SMILES string of the molecule is CSc1ncc(Oc2c3ccccc3nc3c2c(C)nn3C)cn1. The zero-order valence-electron chi connectivity index (χ0n) is 13.5. The molecule has 3 heterocycles. The van der Waals surface area contributed by atoms with Crippen molar-refractivity contribution < 1.29 is 4.74 Å². The van der Waals surface area contributed by atoms with Crippen LogP contribution in [0.2, 0.25) is 0 Å². The number of para-hydroxylation sites is 1. The molecular weight excluding hydrogens is 322 g/mol. The molecule has 4 aromatic rings. The molecule has 6 nitrogen and oxygen atoms in total. The van der Waals surface area contributed by atoms with Crippen LogP contribution in [-0.4, -0.2) is 31.0 Å². The monoisotopic (exact) mass is 337 g/mol. The standard InChI is InChI=1S/C17H15N5OS/c1-10-14-15(23-11-8-18-17(24-3)19-9-11)12-6-4-5-7-13(12)20-16(14)22(2)21-10/h4-9H,1-3H3. The molecule has 0 saturated heterocycles. The minimum Gasteiger partial charge on any atom is -0.453 e. The lowest BCUT2D eigenvalue weighted by atomic mass is 10.1. The van der Waals surface area contributed by atoms with E-state index >= 15 is 0 Å². The summed E-state index contributed by atoms with van der Waals surface area (Å²) in [6.45, 7) is 1.96. The van der Waals surface area contributed by atoms with Crippen LogP contribution in [0.3, 0.4) is 0 Å². The van der Waals surface area contributed by atoms with Crippen molar-refractivity contribution in [1.29, 1.82) is 0 Å². The van der Waals surface area contributed by atoms with E-state index in [1.165, 1.54) is 11.8 Å². The van der Waals surface area contributed by atoms with Gasteiger partial charge in [-0.15, -0.1) is 0 Å². The highest BCUT2D eigenvalue weighted by atomic mass is 32.2. The summed E-state index contributed by atoms with van der Waals surface area (Å²) in [5, 5.41) is 7.04. The lowest BCUT2D eigenvalue weighted by Crippen LogP contribution is -1.95. The largest absolute Gasteiger partial charge is 0.453 e. The predicted octanol–water partition coefficient (Wildman–Crippen LogP) is 3.73. The molecule has 0 spiro atoms. The predicted molar refractivity (Wildman–Crippen MR) is 94.6 cm³/mol. The first kappa shape index (κ1) is 14.9. The highest BCUT2D eigenvalue weighted by Crippen LogP contribution is 2.37. The maximum atomic E-state index is 6.17. The summed E-state index contributed by atoms with van der Waals surface area (Å²) < 4.78 is 7.95. The molecule has 0 atom stereocenters. The van der Waals surface area contributed by atoms with E-state index < -0.39 is 0 Å². The number of fused-ring (bicyclic) bond motifs is 2. The number of nitrogens with zero attached hydrogens (tertiary/aromatic N) is 5. The van der Waals surface area contributed by atoms with E-state index in [-0.39, 0.29) is 0 Å². The molecule has 0 bridgehead atoms. The first-order valence-corrected chi connectivity index (χ1v) is 8.66. The van der Waals surface area contributed by atoms with Crippen LogP contribution in [0.25, 0.3) is 21.9 Å². The van der Waals surface area contributed by atoms with Gasteiger partial charge in [0.2, 0.25) is 0 Å². The second kappa shape index (κ2) is 5.76. The molecular formula is C17H15N5OS. The quantitative estimate of drug-likeness (QED) is 0.419. The van der Waals surface area contributed by atoms with Gasteiger partial charge in [-0.2, -0.15) is 5.10 Å². The minimum absolute atomic E-state index is 0.591. The van der Waals surface area contributed by atoms with Crippen molar-refractivity contribution in [3.05, 3.63) is 42.4 Å². The van der Waals surface area contributed by atoms with E-state index in [9.17, 15) is 0 Å². The molecule has 0 saturated carbocycles. The Kier molecular flexibility index (Phi) is 3.57. The van der Waals surface area contributed by atoms with Gasteiger partial charge in [0.15, 0.2) is 16.6 Å². The molecule has 0 N–H and O–H groups in total. The number of pyridine rings is 1. The van der Waals surface area contributed by atoms with Gasteiger partial charge in [-0.3, -0.25) is 4.68 Å². The average Bonchev–Trinajstić information content (AvgIpc) is 2.89. The third-order valence-electron chi connectivity index (χ3n) is 3.80. The molecule has 4 rings (SSSR count). The van der Waals surface area contributed by atoms with E-state index in [1.807, 2.05) is 44.5 Å². The highest BCUT2D eigenvalue weighted by Gasteiger charge is 2.17. The Balaban J connectivity index is 1.96. The van der Waals surface area contributed by atoms with Crippen molar-refractivity contribution in [3.63, 3.8) is 0 Å². The van der Waals surface area contributed by atoms with Crippen molar-refractivity contribution in [1.82, 2.24) is 24.7 Å². The van der Waals surface area contributed by atoms with E-state index in [0.29, 0.717) is 10.9 Å². The summed E-state index contributed by atoms with van der Waals surface area (Å²) in [7, 11) is 1.89. The van der Waals surface area contributed by atoms with Gasteiger partial charge >= 0.3 is 0 Å². The summed E-state index contributed by atoms with van der Waals surface area (Å²) in [5.41, 5.74) is 2.54. The van der Waals surface area contributed by atoms with Crippen LogP contribution in [0.4, 0.5) is 0 Å². The summed E-state index contributed by atoms with van der Waals surface area (Å²) >= 11 is 1.49. The van der Waals surface area contributed by atoms with E-state index in [4.69, 9.17) is 9.72 Å². The van der Waals surface area contributed by atoms with Gasteiger partial charge in [-0.25, -0.2) is 15.0 Å². The Morgan fingerprint density at radius 2 is 1.88 bits per heavy atom. The van der Waals surface area contributed by atoms with Gasteiger partial charge in [0, 0.05) is 12.4 Å². The van der Waals surface area contributed by atoms with Gasteiger partial charge in [0.1, 0.15) is 5.75 Å². The molecule has 1 aromatic carbocycles. The van der Waals surface area contributed by atoms with Crippen LogP contribution in [0.1, 0.15) is 5.69 Å². The van der Waals surface area contributed by atoms with Crippen LogP contribution >= 0.6 is 11.8 Å². The minimum atomic E-state index is 0.591. The lowest BCUT2D eigenvalue weighted by Gasteiger charge is -2.10. The Morgan fingerprint density at radius 1 is 1.12 bits per heavy atom. The van der Waals surface area contributed by atoms with Crippen molar-refractivity contribution in [2.24, 2.45) is 7.05 Å². The summed E-state index contributed by atoms with van der Waals surface area (Å²) in [4.78, 5) is 13.3. The second-order valence-corrected chi connectivity index (χ2v) is 6.15. The molecule has 0 aliphatic heterocycles. The fraction of sp³-hybridized carbons (Fsp3) is 0.176. The molecule has 0 amide bonds. The molecule has 0 aliphatic carbocycles. The zero-order valence-corrected chi connectivity index (χ0v) is 14.3. The molecule has 0 fully saturated rings. The van der Waals surface area contributed by atoms with Crippen LogP contribution in [0, 0.1) is 6.92 Å². The molecule has 0 radical (unpaired) electrons. The van der Waals surface area contributed by atoms with Crippen molar-refractivity contribution >= 4 is 33.7 Å². The van der Waals surface area contributed by atoms with E-state index in [1.54, 1.807) is 17.1 Å². The number of aromatic nitrogens is 5. The van der Waals surface area contributed by atoms with Gasteiger partial charge in [-0.1, -0.05) is 23.9 Å². The average molecular weight is 337 g/mol. The number of benzene rings is 1. The number of rotatable bonds is 3. The highest BCUT2D eigenvalue weighted by molar-refractivity contribution is 7.98. The fourth-order valence-electron chi connectivity index (χ4n) is 2.74. The number of hydrogen-bond donors (Lipinski definition) is 0. The van der Waals surface area contributed by atoms with Gasteiger partial charge < -0.3 is 4.74 Å². The molecule has 3 aromatic heterocycles. The Morgan fingerprint density at radius 3 is 2.62 bits per heavy atom. The molecule has 24 heavy (non-hydrogen) atoms. The number of thioether (sulfide) groups is 1. The number of hydrogen-bond acceptors (Lipinski definition) is 6. The maximum absolute atomic E-state index is 6.17. The maximum Gasteiger partial charge on any atom is 0.187 e. The topological polar surface area (TPSA) is 65.7 Å². The Bertz CT molecular complexity index is 1040.